The molecule has 0 saturated heterocycles. The minimum Gasteiger partial charge on any atom is -0.385 e. The molecular weight excluding hydrogens is 264 g/mol. The Kier molecular flexibility index (Phi) is 7.28. The molecule has 1 aliphatic rings. The zero-order chi connectivity index (χ0) is 14.3. The van der Waals surface area contributed by atoms with E-state index in [4.69, 9.17) is 10.5 Å². The van der Waals surface area contributed by atoms with Gasteiger partial charge in [-0.2, -0.15) is 4.31 Å². The van der Waals surface area contributed by atoms with E-state index in [1.54, 1.807) is 11.4 Å². The van der Waals surface area contributed by atoms with Crippen LogP contribution in [0.3, 0.4) is 0 Å². The van der Waals surface area contributed by atoms with Crippen molar-refractivity contribution in [3.05, 3.63) is 0 Å². The molecule has 1 fully saturated rings. The predicted octanol–water partition coefficient (Wildman–Crippen LogP) is 1.33. The molecule has 0 aromatic rings. The molecule has 0 spiro atoms. The maximum absolute atomic E-state index is 12.4. The van der Waals surface area contributed by atoms with Crippen molar-refractivity contribution in [3.63, 3.8) is 0 Å². The van der Waals surface area contributed by atoms with E-state index in [1.807, 2.05) is 6.92 Å². The Bertz CT molecular complexity index is 338. The molecule has 0 atom stereocenters. The molecule has 5 nitrogen and oxygen atoms in total. The number of methoxy groups -OCH3 is 1. The summed E-state index contributed by atoms with van der Waals surface area (Å²) in [6.07, 6.45) is 5.06. The zero-order valence-corrected chi connectivity index (χ0v) is 13.0. The van der Waals surface area contributed by atoms with Gasteiger partial charge in [-0.15, -0.1) is 0 Å². The average molecular weight is 292 g/mol. The molecule has 1 aliphatic carbocycles. The first-order chi connectivity index (χ1) is 9.01. The summed E-state index contributed by atoms with van der Waals surface area (Å²) in [4.78, 5) is 0. The van der Waals surface area contributed by atoms with Gasteiger partial charge in [0.1, 0.15) is 0 Å². The second-order valence-corrected chi connectivity index (χ2v) is 7.38. The van der Waals surface area contributed by atoms with Gasteiger partial charge in [-0.1, -0.05) is 6.92 Å². The van der Waals surface area contributed by atoms with Gasteiger partial charge in [0, 0.05) is 32.3 Å². The van der Waals surface area contributed by atoms with Crippen molar-refractivity contribution in [2.45, 2.75) is 57.5 Å². The fourth-order valence-electron chi connectivity index (χ4n) is 2.66. The average Bonchev–Trinajstić information content (AvgIpc) is 2.37. The van der Waals surface area contributed by atoms with E-state index in [-0.39, 0.29) is 17.8 Å². The van der Waals surface area contributed by atoms with Gasteiger partial charge in [0.15, 0.2) is 0 Å². The number of hydrogen-bond donors (Lipinski definition) is 1. The Balaban J connectivity index is 2.64. The molecule has 0 heterocycles. The minimum absolute atomic E-state index is 0.146. The van der Waals surface area contributed by atoms with Crippen LogP contribution < -0.4 is 5.73 Å². The van der Waals surface area contributed by atoms with Crippen LogP contribution in [-0.2, 0) is 14.8 Å². The Morgan fingerprint density at radius 1 is 1.26 bits per heavy atom. The molecule has 0 radical (unpaired) electrons. The van der Waals surface area contributed by atoms with Gasteiger partial charge in [-0.25, -0.2) is 8.42 Å². The smallest absolute Gasteiger partial charge is 0.214 e. The van der Waals surface area contributed by atoms with Crippen LogP contribution in [-0.4, -0.2) is 50.8 Å². The number of rotatable bonds is 8. The summed E-state index contributed by atoms with van der Waals surface area (Å²) in [7, 11) is -1.57. The van der Waals surface area contributed by atoms with E-state index in [0.29, 0.717) is 19.6 Å². The van der Waals surface area contributed by atoms with Crippen LogP contribution in [0.2, 0.25) is 0 Å². The predicted molar refractivity (Wildman–Crippen MR) is 77.5 cm³/mol. The number of ether oxygens (including phenoxy) is 1. The van der Waals surface area contributed by atoms with Gasteiger partial charge in [-0.05, 0) is 38.5 Å². The van der Waals surface area contributed by atoms with Crippen molar-refractivity contribution < 1.29 is 13.2 Å². The van der Waals surface area contributed by atoms with Crippen LogP contribution in [0.1, 0.15) is 45.4 Å². The molecule has 1 rings (SSSR count). The highest BCUT2D eigenvalue weighted by Gasteiger charge is 2.31. The van der Waals surface area contributed by atoms with Gasteiger partial charge in [0.05, 0.1) is 5.75 Å². The highest BCUT2D eigenvalue weighted by atomic mass is 32.2. The summed E-state index contributed by atoms with van der Waals surface area (Å²) < 4.78 is 31.5. The third-order valence-corrected chi connectivity index (χ3v) is 5.70. The first-order valence-corrected chi connectivity index (χ1v) is 8.86. The molecule has 114 valence electrons. The van der Waals surface area contributed by atoms with E-state index in [1.165, 1.54) is 0 Å². The molecule has 2 N–H and O–H groups in total. The van der Waals surface area contributed by atoms with Crippen molar-refractivity contribution in [3.8, 4) is 0 Å². The Morgan fingerprint density at radius 3 is 2.42 bits per heavy atom. The molecule has 0 aromatic carbocycles. The van der Waals surface area contributed by atoms with Crippen molar-refractivity contribution in [2.24, 2.45) is 5.73 Å². The summed E-state index contributed by atoms with van der Waals surface area (Å²) in [5, 5.41) is 0. The van der Waals surface area contributed by atoms with Crippen LogP contribution in [0.15, 0.2) is 0 Å². The highest BCUT2D eigenvalue weighted by Crippen LogP contribution is 2.25. The molecular formula is C13H28N2O3S. The van der Waals surface area contributed by atoms with Crippen molar-refractivity contribution in [2.75, 3.05) is 26.0 Å². The van der Waals surface area contributed by atoms with Crippen LogP contribution in [0.25, 0.3) is 0 Å². The van der Waals surface area contributed by atoms with Gasteiger partial charge in [-0.3, -0.25) is 0 Å². The van der Waals surface area contributed by atoms with Crippen molar-refractivity contribution in [1.82, 2.24) is 4.31 Å². The van der Waals surface area contributed by atoms with E-state index in [0.717, 1.165) is 32.1 Å². The van der Waals surface area contributed by atoms with Gasteiger partial charge >= 0.3 is 0 Å². The van der Waals surface area contributed by atoms with Crippen molar-refractivity contribution >= 4 is 10.0 Å². The number of hydrogen-bond acceptors (Lipinski definition) is 4. The maximum atomic E-state index is 12.4. The zero-order valence-electron chi connectivity index (χ0n) is 12.2. The lowest BCUT2D eigenvalue weighted by Crippen LogP contribution is -2.45. The molecule has 0 bridgehead atoms. The molecule has 0 aliphatic heterocycles. The van der Waals surface area contributed by atoms with Crippen molar-refractivity contribution in [1.29, 1.82) is 0 Å². The monoisotopic (exact) mass is 292 g/mol. The van der Waals surface area contributed by atoms with E-state index >= 15 is 0 Å². The largest absolute Gasteiger partial charge is 0.385 e. The number of nitrogens with zero attached hydrogens (tertiary/aromatic N) is 1. The van der Waals surface area contributed by atoms with E-state index < -0.39 is 10.0 Å². The Hall–Kier alpha value is -0.170. The minimum atomic E-state index is -3.16. The second-order valence-electron chi connectivity index (χ2n) is 5.34. The quantitative estimate of drug-likeness (QED) is 0.685. The summed E-state index contributed by atoms with van der Waals surface area (Å²) in [5.74, 6) is 0.184. The Morgan fingerprint density at radius 2 is 1.89 bits per heavy atom. The third-order valence-electron chi connectivity index (χ3n) is 3.70. The second kappa shape index (κ2) is 8.19. The molecule has 0 unspecified atom stereocenters. The van der Waals surface area contributed by atoms with Gasteiger partial charge in [0.25, 0.3) is 0 Å². The topological polar surface area (TPSA) is 72.6 Å². The molecule has 1 saturated carbocycles. The summed E-state index contributed by atoms with van der Waals surface area (Å²) >= 11 is 0. The lowest BCUT2D eigenvalue weighted by molar-refractivity contribution is 0.198. The van der Waals surface area contributed by atoms with E-state index in [9.17, 15) is 8.42 Å². The summed E-state index contributed by atoms with van der Waals surface area (Å²) in [6.45, 7) is 3.14. The van der Waals surface area contributed by atoms with Gasteiger partial charge < -0.3 is 10.5 Å². The first kappa shape index (κ1) is 16.9. The summed E-state index contributed by atoms with van der Waals surface area (Å²) in [6, 6.07) is 0.392. The standard InChI is InChI=1S/C13H28N2O3S/c1-3-9-15(13-7-5-12(14)6-8-13)19(16,17)11-4-10-18-2/h12-13H,3-11,14H2,1-2H3. The lowest BCUT2D eigenvalue weighted by atomic mass is 9.92. The number of nitrogens with two attached hydrogens (primary N) is 1. The molecule has 0 aromatic heterocycles. The third kappa shape index (κ3) is 5.38. The molecule has 19 heavy (non-hydrogen) atoms. The fraction of sp³-hybridized carbons (Fsp3) is 1.00. The molecule has 0 amide bonds. The fourth-order valence-corrected chi connectivity index (χ4v) is 4.50. The normalized spacial score (nSPS) is 24.8. The van der Waals surface area contributed by atoms with Crippen LogP contribution >= 0.6 is 0 Å². The maximum Gasteiger partial charge on any atom is 0.214 e. The van der Waals surface area contributed by atoms with Crippen LogP contribution in [0.4, 0.5) is 0 Å². The van der Waals surface area contributed by atoms with Crippen LogP contribution in [0.5, 0.6) is 0 Å². The number of sulfonamides is 1. The lowest BCUT2D eigenvalue weighted by Gasteiger charge is -2.35. The Labute approximate surface area is 117 Å². The SMILES string of the molecule is CCCN(C1CCC(N)CC1)S(=O)(=O)CCCOC. The highest BCUT2D eigenvalue weighted by molar-refractivity contribution is 7.89. The van der Waals surface area contributed by atoms with E-state index in [2.05, 4.69) is 0 Å². The van der Waals surface area contributed by atoms with Gasteiger partial charge in [0.2, 0.25) is 10.0 Å². The first-order valence-electron chi connectivity index (χ1n) is 7.25. The van der Waals surface area contributed by atoms with Crippen LogP contribution in [0, 0.1) is 0 Å². The summed E-state index contributed by atoms with van der Waals surface area (Å²) in [5.41, 5.74) is 5.89. The molecule has 6 heteroatoms.